The summed E-state index contributed by atoms with van der Waals surface area (Å²) in [6.45, 7) is 7.34. The van der Waals surface area contributed by atoms with Crippen molar-refractivity contribution in [1.82, 2.24) is 10.3 Å². The van der Waals surface area contributed by atoms with Crippen molar-refractivity contribution in [2.45, 2.75) is 26.8 Å². The van der Waals surface area contributed by atoms with Gasteiger partial charge in [-0.05, 0) is 20.4 Å². The van der Waals surface area contributed by atoms with Crippen molar-refractivity contribution in [3.05, 3.63) is 40.9 Å². The van der Waals surface area contributed by atoms with Crippen LogP contribution in [-0.4, -0.2) is 11.5 Å². The molecule has 90 valence electrons. The number of hydrogen-bond donors (Lipinski definition) is 1. The summed E-state index contributed by atoms with van der Waals surface area (Å²) in [5.41, 5.74) is 3.62. The Morgan fingerprint density at radius 2 is 2.00 bits per heavy atom. The maximum absolute atomic E-state index is 4.68. The Balaban J connectivity index is 2.20. The highest BCUT2D eigenvalue weighted by atomic mass is 32.1. The number of benzene rings is 1. The maximum atomic E-state index is 4.68. The predicted octanol–water partition coefficient (Wildman–Crippen LogP) is 3.79. The van der Waals surface area contributed by atoms with Crippen LogP contribution in [0.5, 0.6) is 0 Å². The van der Waals surface area contributed by atoms with Crippen molar-refractivity contribution in [3.63, 3.8) is 0 Å². The third-order valence-electron chi connectivity index (χ3n) is 2.77. The van der Waals surface area contributed by atoms with Gasteiger partial charge in [-0.1, -0.05) is 36.8 Å². The van der Waals surface area contributed by atoms with Gasteiger partial charge in [0.1, 0.15) is 5.01 Å². The van der Waals surface area contributed by atoms with E-state index >= 15 is 0 Å². The monoisotopic (exact) mass is 246 g/mol. The van der Waals surface area contributed by atoms with Gasteiger partial charge in [0.25, 0.3) is 0 Å². The van der Waals surface area contributed by atoms with Crippen LogP contribution in [0.4, 0.5) is 0 Å². The van der Waals surface area contributed by atoms with Crippen molar-refractivity contribution < 1.29 is 0 Å². The van der Waals surface area contributed by atoms with Crippen LogP contribution >= 0.6 is 11.3 Å². The van der Waals surface area contributed by atoms with E-state index in [1.807, 2.05) is 0 Å². The summed E-state index contributed by atoms with van der Waals surface area (Å²) >= 11 is 1.71. The molecule has 1 atom stereocenters. The van der Waals surface area contributed by atoms with Crippen molar-refractivity contribution >= 4 is 11.3 Å². The lowest BCUT2D eigenvalue weighted by atomic mass is 10.1. The SMILES string of the molecule is CCNC(C)c1csc(-c2ccc(C)cc2)n1. The molecule has 0 aliphatic rings. The van der Waals surface area contributed by atoms with Crippen molar-refractivity contribution in [3.8, 4) is 10.6 Å². The number of rotatable bonds is 4. The number of nitrogens with one attached hydrogen (secondary N) is 1. The molecule has 0 bridgehead atoms. The average Bonchev–Trinajstić information content (AvgIpc) is 2.80. The third kappa shape index (κ3) is 2.93. The number of hydrogen-bond acceptors (Lipinski definition) is 3. The normalized spacial score (nSPS) is 12.6. The highest BCUT2D eigenvalue weighted by Gasteiger charge is 2.09. The van der Waals surface area contributed by atoms with E-state index in [0.717, 1.165) is 17.2 Å². The number of thiazole rings is 1. The number of aromatic nitrogens is 1. The minimum atomic E-state index is 0.329. The van der Waals surface area contributed by atoms with Gasteiger partial charge < -0.3 is 5.32 Å². The Labute approximate surface area is 107 Å². The van der Waals surface area contributed by atoms with Crippen LogP contribution in [-0.2, 0) is 0 Å². The second-order valence-electron chi connectivity index (χ2n) is 4.22. The maximum Gasteiger partial charge on any atom is 0.123 e. The van der Waals surface area contributed by atoms with E-state index in [2.05, 4.69) is 60.7 Å². The molecule has 0 aliphatic heterocycles. The summed E-state index contributed by atoms with van der Waals surface area (Å²) in [6, 6.07) is 8.86. The van der Waals surface area contributed by atoms with Gasteiger partial charge in [0.2, 0.25) is 0 Å². The highest BCUT2D eigenvalue weighted by molar-refractivity contribution is 7.13. The molecule has 0 spiro atoms. The minimum absolute atomic E-state index is 0.329. The Kier molecular flexibility index (Phi) is 3.92. The van der Waals surface area contributed by atoms with Gasteiger partial charge in [-0.3, -0.25) is 0 Å². The zero-order valence-corrected chi connectivity index (χ0v) is 11.3. The average molecular weight is 246 g/mol. The Morgan fingerprint density at radius 3 is 2.65 bits per heavy atom. The predicted molar refractivity (Wildman–Crippen MR) is 74.4 cm³/mol. The summed E-state index contributed by atoms with van der Waals surface area (Å²) in [4.78, 5) is 4.68. The van der Waals surface area contributed by atoms with Gasteiger partial charge in [-0.15, -0.1) is 11.3 Å². The molecule has 0 amide bonds. The van der Waals surface area contributed by atoms with Crippen LogP contribution in [0, 0.1) is 6.92 Å². The Bertz CT molecular complexity index is 473. The first-order valence-electron chi connectivity index (χ1n) is 5.96. The highest BCUT2D eigenvalue weighted by Crippen LogP contribution is 2.26. The lowest BCUT2D eigenvalue weighted by Crippen LogP contribution is -2.17. The van der Waals surface area contributed by atoms with Gasteiger partial charge in [-0.25, -0.2) is 4.98 Å². The van der Waals surface area contributed by atoms with Crippen LogP contribution in [0.2, 0.25) is 0 Å². The topological polar surface area (TPSA) is 24.9 Å². The van der Waals surface area contributed by atoms with Crippen LogP contribution in [0.25, 0.3) is 10.6 Å². The van der Waals surface area contributed by atoms with E-state index < -0.39 is 0 Å². The first kappa shape index (κ1) is 12.3. The first-order chi connectivity index (χ1) is 8.20. The van der Waals surface area contributed by atoms with E-state index in [4.69, 9.17) is 0 Å². The van der Waals surface area contributed by atoms with Crippen LogP contribution in [0.15, 0.2) is 29.6 Å². The fraction of sp³-hybridized carbons (Fsp3) is 0.357. The lowest BCUT2D eigenvalue weighted by Gasteiger charge is -2.08. The second-order valence-corrected chi connectivity index (χ2v) is 5.08. The molecular weight excluding hydrogens is 228 g/mol. The van der Waals surface area contributed by atoms with E-state index in [9.17, 15) is 0 Å². The molecular formula is C14H18N2S. The molecule has 0 aliphatic carbocycles. The largest absolute Gasteiger partial charge is 0.309 e. The molecule has 2 rings (SSSR count). The molecule has 1 aromatic carbocycles. The fourth-order valence-corrected chi connectivity index (χ4v) is 2.64. The molecule has 0 saturated carbocycles. The smallest absolute Gasteiger partial charge is 0.123 e. The molecule has 17 heavy (non-hydrogen) atoms. The second kappa shape index (κ2) is 5.43. The van der Waals surface area contributed by atoms with E-state index in [-0.39, 0.29) is 0 Å². The van der Waals surface area contributed by atoms with E-state index in [0.29, 0.717) is 6.04 Å². The van der Waals surface area contributed by atoms with Gasteiger partial charge in [0.05, 0.1) is 5.69 Å². The minimum Gasteiger partial charge on any atom is -0.309 e. The number of nitrogens with zero attached hydrogens (tertiary/aromatic N) is 1. The first-order valence-corrected chi connectivity index (χ1v) is 6.84. The van der Waals surface area contributed by atoms with Crippen LogP contribution in [0.1, 0.15) is 31.1 Å². The molecule has 1 N–H and O–H groups in total. The quantitative estimate of drug-likeness (QED) is 0.888. The summed E-state index contributed by atoms with van der Waals surface area (Å²) in [6.07, 6.45) is 0. The van der Waals surface area contributed by atoms with E-state index in [1.54, 1.807) is 11.3 Å². The lowest BCUT2D eigenvalue weighted by molar-refractivity contribution is 0.587. The molecule has 3 heteroatoms. The summed E-state index contributed by atoms with van der Waals surface area (Å²) in [5.74, 6) is 0. The molecule has 2 nitrogen and oxygen atoms in total. The molecule has 0 fully saturated rings. The van der Waals surface area contributed by atoms with Gasteiger partial charge >= 0.3 is 0 Å². The van der Waals surface area contributed by atoms with Gasteiger partial charge in [0, 0.05) is 17.0 Å². The summed E-state index contributed by atoms with van der Waals surface area (Å²) < 4.78 is 0. The Hall–Kier alpha value is -1.19. The summed E-state index contributed by atoms with van der Waals surface area (Å²) in [5, 5.41) is 6.62. The third-order valence-corrected chi connectivity index (χ3v) is 3.68. The van der Waals surface area contributed by atoms with Crippen LogP contribution in [0.3, 0.4) is 0 Å². The molecule has 1 aromatic heterocycles. The van der Waals surface area contributed by atoms with E-state index in [1.165, 1.54) is 11.1 Å². The van der Waals surface area contributed by atoms with Crippen molar-refractivity contribution in [2.75, 3.05) is 6.54 Å². The van der Waals surface area contributed by atoms with Crippen molar-refractivity contribution in [2.24, 2.45) is 0 Å². The standard InChI is InChI=1S/C14H18N2S/c1-4-15-11(3)13-9-17-14(16-13)12-7-5-10(2)6-8-12/h5-9,11,15H,4H2,1-3H3. The molecule has 0 saturated heterocycles. The Morgan fingerprint density at radius 1 is 1.29 bits per heavy atom. The molecule has 1 heterocycles. The number of aryl methyl sites for hydroxylation is 1. The van der Waals surface area contributed by atoms with Crippen molar-refractivity contribution in [1.29, 1.82) is 0 Å². The summed E-state index contributed by atoms with van der Waals surface area (Å²) in [7, 11) is 0. The molecule has 2 aromatic rings. The van der Waals surface area contributed by atoms with Gasteiger partial charge in [0.15, 0.2) is 0 Å². The zero-order valence-electron chi connectivity index (χ0n) is 10.5. The zero-order chi connectivity index (χ0) is 12.3. The van der Waals surface area contributed by atoms with Gasteiger partial charge in [-0.2, -0.15) is 0 Å². The molecule has 0 radical (unpaired) electrons. The molecule has 1 unspecified atom stereocenters. The fourth-order valence-electron chi connectivity index (χ4n) is 1.72. The van der Waals surface area contributed by atoms with Crippen LogP contribution < -0.4 is 5.32 Å².